The number of benzene rings is 2. The number of halogens is 1. The molecule has 0 aliphatic heterocycles. The summed E-state index contributed by atoms with van der Waals surface area (Å²) in [5.41, 5.74) is 7.28. The molecule has 0 amide bonds. The molecule has 0 heterocycles. The summed E-state index contributed by atoms with van der Waals surface area (Å²) in [6.45, 7) is 0.428. The Balaban J connectivity index is 2.25. The van der Waals surface area contributed by atoms with Crippen LogP contribution < -0.4 is 16.2 Å². The van der Waals surface area contributed by atoms with Crippen LogP contribution in [0.5, 0.6) is 0 Å². The Hall–Kier alpha value is -1.96. The minimum Gasteiger partial charge on any atom is -0.353 e. The third kappa shape index (κ3) is 3.32. The molecule has 0 aliphatic rings. The van der Waals surface area contributed by atoms with Gasteiger partial charge in [0.2, 0.25) is 10.0 Å². The van der Waals surface area contributed by atoms with Crippen molar-refractivity contribution in [1.29, 1.82) is 0 Å². The Morgan fingerprint density at radius 3 is 2.25 bits per heavy atom. The molecular weight excluding hydrogens is 281 g/mol. The summed E-state index contributed by atoms with van der Waals surface area (Å²) in [6, 6.07) is 10.6. The lowest BCUT2D eigenvalue weighted by Crippen LogP contribution is -2.12. The van der Waals surface area contributed by atoms with Crippen LogP contribution in [0, 0.1) is 5.82 Å². The Morgan fingerprint density at radius 2 is 1.75 bits per heavy atom. The molecule has 0 atom stereocenters. The highest BCUT2D eigenvalue weighted by molar-refractivity contribution is 7.89. The lowest BCUT2D eigenvalue weighted by Gasteiger charge is -2.09. The average molecular weight is 295 g/mol. The van der Waals surface area contributed by atoms with E-state index in [-0.39, 0.29) is 10.6 Å². The quantitative estimate of drug-likeness (QED) is 0.799. The molecular formula is C13H14FN3O2S. The van der Waals surface area contributed by atoms with Crippen molar-refractivity contribution in [2.24, 2.45) is 10.9 Å². The molecule has 0 bridgehead atoms. The monoisotopic (exact) mass is 295 g/mol. The van der Waals surface area contributed by atoms with Crippen LogP contribution >= 0.6 is 0 Å². The maximum absolute atomic E-state index is 13.8. The zero-order valence-corrected chi connectivity index (χ0v) is 11.3. The predicted octanol–water partition coefficient (Wildman–Crippen LogP) is 1.68. The first kappa shape index (κ1) is 14.4. The van der Waals surface area contributed by atoms with E-state index in [1.54, 1.807) is 12.1 Å². The van der Waals surface area contributed by atoms with Gasteiger partial charge in [0.25, 0.3) is 0 Å². The van der Waals surface area contributed by atoms with Crippen molar-refractivity contribution in [2.45, 2.75) is 11.4 Å². The summed E-state index contributed by atoms with van der Waals surface area (Å²) in [4.78, 5) is -0.265. The second kappa shape index (κ2) is 5.58. The zero-order chi connectivity index (χ0) is 14.8. The van der Waals surface area contributed by atoms with Gasteiger partial charge >= 0.3 is 0 Å². The number of rotatable bonds is 4. The molecule has 0 aromatic heterocycles. The number of hydrogen-bond acceptors (Lipinski definition) is 4. The summed E-state index contributed by atoms with van der Waals surface area (Å²) in [5.74, 6) is -0.695. The van der Waals surface area contributed by atoms with Crippen LogP contribution in [0.4, 0.5) is 15.8 Å². The van der Waals surface area contributed by atoms with Gasteiger partial charge in [0.1, 0.15) is 5.82 Å². The highest BCUT2D eigenvalue weighted by Gasteiger charge is 2.11. The van der Waals surface area contributed by atoms with Crippen molar-refractivity contribution in [3.63, 3.8) is 0 Å². The van der Waals surface area contributed by atoms with Crippen LogP contribution in [0.2, 0.25) is 0 Å². The number of nitrogens with one attached hydrogen (secondary N) is 1. The van der Waals surface area contributed by atoms with Gasteiger partial charge in [-0.15, -0.1) is 0 Å². The van der Waals surface area contributed by atoms with E-state index >= 15 is 0 Å². The summed E-state index contributed by atoms with van der Waals surface area (Å²) < 4.78 is 36.0. The molecule has 0 radical (unpaired) electrons. The lowest BCUT2D eigenvalue weighted by molar-refractivity contribution is 0.593. The van der Waals surface area contributed by atoms with Gasteiger partial charge in [0.15, 0.2) is 0 Å². The second-order valence-corrected chi connectivity index (χ2v) is 5.77. The molecule has 0 saturated carbocycles. The molecule has 5 nitrogen and oxygen atoms in total. The molecule has 5 N–H and O–H groups in total. The number of anilines is 2. The molecule has 0 fully saturated rings. The summed E-state index contributed by atoms with van der Waals surface area (Å²) >= 11 is 0. The number of hydrogen-bond donors (Lipinski definition) is 3. The average Bonchev–Trinajstić information content (AvgIpc) is 2.41. The molecule has 0 aliphatic carbocycles. The van der Waals surface area contributed by atoms with Gasteiger partial charge < -0.3 is 11.1 Å². The summed E-state index contributed by atoms with van der Waals surface area (Å²) in [5, 5.41) is 7.78. The first-order valence-corrected chi connectivity index (χ1v) is 7.33. The lowest BCUT2D eigenvalue weighted by atomic mass is 10.2. The van der Waals surface area contributed by atoms with E-state index < -0.39 is 15.8 Å². The Bertz CT molecular complexity index is 715. The van der Waals surface area contributed by atoms with Gasteiger partial charge in [-0.05, 0) is 35.9 Å². The van der Waals surface area contributed by atoms with E-state index in [4.69, 9.17) is 10.9 Å². The predicted molar refractivity (Wildman–Crippen MR) is 75.4 cm³/mol. The van der Waals surface area contributed by atoms with Gasteiger partial charge in [0.05, 0.1) is 10.6 Å². The Morgan fingerprint density at radius 1 is 1.10 bits per heavy atom. The Labute approximate surface area is 116 Å². The zero-order valence-electron chi connectivity index (χ0n) is 10.5. The fraction of sp³-hybridized carbons (Fsp3) is 0.0769. The van der Waals surface area contributed by atoms with E-state index in [1.807, 2.05) is 12.1 Å². The van der Waals surface area contributed by atoms with E-state index in [1.165, 1.54) is 12.1 Å². The highest BCUT2D eigenvalue weighted by Crippen LogP contribution is 2.22. The van der Waals surface area contributed by atoms with Gasteiger partial charge in [0, 0.05) is 12.2 Å². The topological polar surface area (TPSA) is 98.2 Å². The van der Waals surface area contributed by atoms with Crippen molar-refractivity contribution < 1.29 is 12.8 Å². The van der Waals surface area contributed by atoms with E-state index in [2.05, 4.69) is 5.32 Å². The maximum Gasteiger partial charge on any atom is 0.238 e. The van der Waals surface area contributed by atoms with Gasteiger partial charge in [-0.2, -0.15) is 0 Å². The maximum atomic E-state index is 13.8. The summed E-state index contributed by atoms with van der Waals surface area (Å²) in [6.07, 6.45) is 0. The number of primary sulfonamides is 1. The van der Waals surface area contributed by atoms with Crippen molar-refractivity contribution in [1.82, 2.24) is 0 Å². The number of nitrogens with two attached hydrogens (primary N) is 2. The molecule has 2 rings (SSSR count). The van der Waals surface area contributed by atoms with Crippen LogP contribution in [-0.2, 0) is 16.6 Å². The highest BCUT2D eigenvalue weighted by atomic mass is 32.2. The first-order chi connectivity index (χ1) is 9.40. The minimum atomic E-state index is -3.91. The molecule has 106 valence electrons. The molecule has 7 heteroatoms. The van der Waals surface area contributed by atoms with Crippen LogP contribution in [0.3, 0.4) is 0 Å². The van der Waals surface area contributed by atoms with Crippen molar-refractivity contribution >= 4 is 21.4 Å². The fourth-order valence-corrected chi connectivity index (χ4v) is 2.18. The largest absolute Gasteiger partial charge is 0.353 e. The normalized spacial score (nSPS) is 11.3. The number of sulfonamides is 1. The SMILES string of the molecule is NCc1ccc(Nc2ccc(S(N)(=O)=O)cc2F)cc1. The van der Waals surface area contributed by atoms with Gasteiger partial charge in [-0.1, -0.05) is 12.1 Å². The van der Waals surface area contributed by atoms with Gasteiger partial charge in [-0.3, -0.25) is 0 Å². The standard InChI is InChI=1S/C13H14FN3O2S/c14-12-7-11(20(16,18)19)5-6-13(12)17-10-3-1-9(8-15)2-4-10/h1-7,17H,8,15H2,(H2,16,18,19). The summed E-state index contributed by atoms with van der Waals surface area (Å²) in [7, 11) is -3.91. The minimum absolute atomic E-state index is 0.165. The Kier molecular flexibility index (Phi) is 4.03. The first-order valence-electron chi connectivity index (χ1n) is 5.78. The van der Waals surface area contributed by atoms with Crippen LogP contribution in [0.1, 0.15) is 5.56 Å². The fourth-order valence-electron chi connectivity index (χ4n) is 1.65. The van der Waals surface area contributed by atoms with E-state index in [0.29, 0.717) is 12.2 Å². The smallest absolute Gasteiger partial charge is 0.238 e. The molecule has 20 heavy (non-hydrogen) atoms. The van der Waals surface area contributed by atoms with Crippen LogP contribution in [0.15, 0.2) is 47.4 Å². The molecule has 0 saturated heterocycles. The van der Waals surface area contributed by atoms with Crippen molar-refractivity contribution in [3.8, 4) is 0 Å². The van der Waals surface area contributed by atoms with Crippen molar-refractivity contribution in [3.05, 3.63) is 53.8 Å². The third-order valence-electron chi connectivity index (χ3n) is 2.74. The molecule has 0 spiro atoms. The molecule has 0 unspecified atom stereocenters. The van der Waals surface area contributed by atoms with E-state index in [0.717, 1.165) is 11.6 Å². The van der Waals surface area contributed by atoms with Gasteiger partial charge in [-0.25, -0.2) is 17.9 Å². The van der Waals surface area contributed by atoms with Crippen LogP contribution in [0.25, 0.3) is 0 Å². The molecule has 2 aromatic carbocycles. The molecule has 2 aromatic rings. The van der Waals surface area contributed by atoms with E-state index in [9.17, 15) is 12.8 Å². The van der Waals surface area contributed by atoms with Crippen molar-refractivity contribution in [2.75, 3.05) is 5.32 Å². The second-order valence-electron chi connectivity index (χ2n) is 4.21. The third-order valence-corrected chi connectivity index (χ3v) is 3.65. The van der Waals surface area contributed by atoms with Crippen LogP contribution in [-0.4, -0.2) is 8.42 Å².